The zero-order chi connectivity index (χ0) is 22.7. The normalized spacial score (nSPS) is 18.1. The summed E-state index contributed by atoms with van der Waals surface area (Å²) >= 11 is 7.77. The van der Waals surface area contributed by atoms with Crippen LogP contribution in [0, 0.1) is 0 Å². The van der Waals surface area contributed by atoms with Crippen molar-refractivity contribution in [3.8, 4) is 5.69 Å². The van der Waals surface area contributed by atoms with Crippen molar-refractivity contribution in [2.75, 3.05) is 31.2 Å². The summed E-state index contributed by atoms with van der Waals surface area (Å²) in [6, 6.07) is 7.29. The number of aromatic nitrogens is 3. The van der Waals surface area contributed by atoms with Crippen LogP contribution in [0.1, 0.15) is 25.0 Å². The van der Waals surface area contributed by atoms with Crippen LogP contribution in [0.4, 0.5) is 5.82 Å². The molecule has 3 aromatic heterocycles. The molecule has 4 aromatic rings. The van der Waals surface area contributed by atoms with E-state index in [1.54, 1.807) is 12.4 Å². The molecular formula is C24H23ClN4O3S. The van der Waals surface area contributed by atoms with Crippen molar-refractivity contribution >= 4 is 49.2 Å². The molecule has 1 fully saturated rings. The molecule has 0 N–H and O–H groups in total. The molecule has 0 aliphatic carbocycles. The minimum atomic E-state index is -0.301. The van der Waals surface area contributed by atoms with Gasteiger partial charge in [-0.3, -0.25) is 9.36 Å². The first-order chi connectivity index (χ1) is 15.9. The molecule has 0 atom stereocenters. The van der Waals surface area contributed by atoms with E-state index in [0.29, 0.717) is 40.7 Å². The maximum atomic E-state index is 13.5. The van der Waals surface area contributed by atoms with Gasteiger partial charge in [0.05, 0.1) is 41.6 Å². The van der Waals surface area contributed by atoms with Crippen LogP contribution in [0.2, 0.25) is 5.02 Å². The Balaban J connectivity index is 1.63. The van der Waals surface area contributed by atoms with E-state index in [9.17, 15) is 4.79 Å². The third-order valence-electron chi connectivity index (χ3n) is 6.36. The highest BCUT2D eigenvalue weighted by atomic mass is 35.5. The van der Waals surface area contributed by atoms with Crippen LogP contribution < -0.4 is 10.5 Å². The Kier molecular flexibility index (Phi) is 4.95. The number of nitrogens with zero attached hydrogens (tertiary/aromatic N) is 4. The van der Waals surface area contributed by atoms with Crippen LogP contribution in [0.5, 0.6) is 0 Å². The number of ether oxygens (including phenoxy) is 2. The summed E-state index contributed by atoms with van der Waals surface area (Å²) in [5.41, 5.74) is 3.17. The lowest BCUT2D eigenvalue weighted by Crippen LogP contribution is -2.39. The second-order valence-corrected chi connectivity index (χ2v) is 10.5. The first kappa shape index (κ1) is 21.0. The molecular weight excluding hydrogens is 460 g/mol. The van der Waals surface area contributed by atoms with Gasteiger partial charge in [0.25, 0.3) is 5.56 Å². The molecule has 0 unspecified atom stereocenters. The number of para-hydroxylation sites is 1. The summed E-state index contributed by atoms with van der Waals surface area (Å²) in [5, 5.41) is 1.48. The summed E-state index contributed by atoms with van der Waals surface area (Å²) in [5.74, 6) is 0.939. The van der Waals surface area contributed by atoms with Crippen molar-refractivity contribution in [3.05, 3.63) is 57.1 Å². The van der Waals surface area contributed by atoms with Gasteiger partial charge >= 0.3 is 0 Å². The standard InChI is InChI=1S/C24H23ClN4O3S/c1-24(2)11-14-15(12-32-24)21(28-7-9-31-10-8-28)27-22-18(14)19-20(33-22)23(30)29(13-26-19)17-6-4-3-5-16(17)25/h3-6,13H,7-12H2,1-2H3. The molecule has 1 saturated heterocycles. The van der Waals surface area contributed by atoms with Crippen molar-refractivity contribution < 1.29 is 9.47 Å². The first-order valence-corrected chi connectivity index (χ1v) is 12.2. The number of hydrogen-bond donors (Lipinski definition) is 0. The Labute approximate surface area is 199 Å². The molecule has 170 valence electrons. The van der Waals surface area contributed by atoms with Gasteiger partial charge in [-0.2, -0.15) is 0 Å². The SMILES string of the molecule is CC1(C)Cc2c(c(N3CCOCC3)nc3sc4c(=O)n(-c5ccccc5Cl)cnc4c23)CO1. The summed E-state index contributed by atoms with van der Waals surface area (Å²) in [4.78, 5) is 26.4. The van der Waals surface area contributed by atoms with Crippen LogP contribution in [0.25, 0.3) is 26.1 Å². The zero-order valence-corrected chi connectivity index (χ0v) is 20.0. The molecule has 0 radical (unpaired) electrons. The maximum Gasteiger partial charge on any atom is 0.276 e. The number of pyridine rings is 1. The van der Waals surface area contributed by atoms with Crippen molar-refractivity contribution in [1.29, 1.82) is 0 Å². The predicted octanol–water partition coefficient (Wildman–Crippen LogP) is 4.34. The number of hydrogen-bond acceptors (Lipinski definition) is 7. The quantitative estimate of drug-likeness (QED) is 0.423. The van der Waals surface area contributed by atoms with Crippen molar-refractivity contribution in [3.63, 3.8) is 0 Å². The number of morpholine rings is 1. The van der Waals surface area contributed by atoms with E-state index in [1.807, 2.05) is 18.2 Å². The van der Waals surface area contributed by atoms with Gasteiger partial charge in [-0.05, 0) is 31.5 Å². The molecule has 0 amide bonds. The van der Waals surface area contributed by atoms with Crippen LogP contribution in [-0.4, -0.2) is 46.4 Å². The topological polar surface area (TPSA) is 69.5 Å². The molecule has 0 spiro atoms. The summed E-state index contributed by atoms with van der Waals surface area (Å²) in [6.45, 7) is 7.63. The fourth-order valence-electron chi connectivity index (χ4n) is 4.70. The lowest BCUT2D eigenvalue weighted by atomic mass is 9.90. The van der Waals surface area contributed by atoms with Gasteiger partial charge in [-0.15, -0.1) is 11.3 Å². The van der Waals surface area contributed by atoms with Crippen LogP contribution >= 0.6 is 22.9 Å². The highest BCUT2D eigenvalue weighted by Crippen LogP contribution is 2.42. The van der Waals surface area contributed by atoms with E-state index in [4.69, 9.17) is 31.0 Å². The number of anilines is 1. The van der Waals surface area contributed by atoms with Crippen molar-refractivity contribution in [2.45, 2.75) is 32.5 Å². The minimum absolute atomic E-state index is 0.135. The minimum Gasteiger partial charge on any atom is -0.378 e. The largest absolute Gasteiger partial charge is 0.378 e. The van der Waals surface area contributed by atoms with E-state index in [1.165, 1.54) is 21.5 Å². The average Bonchev–Trinajstić information content (AvgIpc) is 3.19. The fourth-order valence-corrected chi connectivity index (χ4v) is 6.01. The Morgan fingerprint density at radius 3 is 2.73 bits per heavy atom. The summed E-state index contributed by atoms with van der Waals surface area (Å²) in [6.07, 6.45) is 2.31. The van der Waals surface area contributed by atoms with Crippen LogP contribution in [0.3, 0.4) is 0 Å². The van der Waals surface area contributed by atoms with Crippen molar-refractivity contribution in [1.82, 2.24) is 14.5 Å². The molecule has 9 heteroatoms. The molecule has 5 heterocycles. The van der Waals surface area contributed by atoms with Crippen LogP contribution in [-0.2, 0) is 22.5 Å². The van der Waals surface area contributed by atoms with Gasteiger partial charge in [-0.25, -0.2) is 9.97 Å². The van der Waals surface area contributed by atoms with E-state index < -0.39 is 0 Å². The summed E-state index contributed by atoms with van der Waals surface area (Å²) < 4.78 is 13.8. The third kappa shape index (κ3) is 3.44. The summed E-state index contributed by atoms with van der Waals surface area (Å²) in [7, 11) is 0. The van der Waals surface area contributed by atoms with Gasteiger partial charge in [0.1, 0.15) is 21.7 Å². The van der Waals surface area contributed by atoms with Gasteiger partial charge in [0, 0.05) is 30.5 Å². The van der Waals surface area contributed by atoms with E-state index >= 15 is 0 Å². The highest BCUT2D eigenvalue weighted by Gasteiger charge is 2.33. The van der Waals surface area contributed by atoms with Gasteiger partial charge < -0.3 is 14.4 Å². The average molecular weight is 483 g/mol. The molecule has 0 bridgehead atoms. The van der Waals surface area contributed by atoms with Gasteiger partial charge in [-0.1, -0.05) is 23.7 Å². The Morgan fingerprint density at radius 2 is 1.94 bits per heavy atom. The molecule has 7 nitrogen and oxygen atoms in total. The molecule has 2 aliphatic rings. The monoisotopic (exact) mass is 482 g/mol. The van der Waals surface area contributed by atoms with Crippen LogP contribution in [0.15, 0.2) is 35.4 Å². The Bertz CT molecular complexity index is 1460. The van der Waals surface area contributed by atoms with E-state index in [-0.39, 0.29) is 11.2 Å². The molecule has 1 aromatic carbocycles. The number of halogens is 1. The Morgan fingerprint density at radius 1 is 1.15 bits per heavy atom. The van der Waals surface area contributed by atoms with Gasteiger partial charge in [0.2, 0.25) is 0 Å². The molecule has 0 saturated carbocycles. The third-order valence-corrected chi connectivity index (χ3v) is 7.74. The highest BCUT2D eigenvalue weighted by molar-refractivity contribution is 7.25. The maximum absolute atomic E-state index is 13.5. The zero-order valence-electron chi connectivity index (χ0n) is 18.4. The number of rotatable bonds is 2. The smallest absolute Gasteiger partial charge is 0.276 e. The second kappa shape index (κ2) is 7.77. The van der Waals surface area contributed by atoms with E-state index in [2.05, 4.69) is 18.7 Å². The molecule has 2 aliphatic heterocycles. The fraction of sp³-hybridized carbons (Fsp3) is 0.375. The Hall–Kier alpha value is -2.52. The molecule has 6 rings (SSSR count). The number of fused-ring (bicyclic) bond motifs is 5. The lowest BCUT2D eigenvalue weighted by molar-refractivity contribution is -0.0396. The second-order valence-electron chi connectivity index (χ2n) is 9.05. The number of thiophene rings is 1. The van der Waals surface area contributed by atoms with Gasteiger partial charge in [0.15, 0.2) is 0 Å². The molecule has 33 heavy (non-hydrogen) atoms. The van der Waals surface area contributed by atoms with E-state index in [0.717, 1.165) is 41.1 Å². The lowest BCUT2D eigenvalue weighted by Gasteiger charge is -2.36. The number of benzene rings is 1. The first-order valence-electron chi connectivity index (χ1n) is 11.0. The van der Waals surface area contributed by atoms with Crippen molar-refractivity contribution in [2.24, 2.45) is 0 Å². The predicted molar refractivity (Wildman–Crippen MR) is 131 cm³/mol.